The van der Waals surface area contributed by atoms with E-state index in [1.165, 1.54) is 6.07 Å². The molecular formula is C15H20F4N2. The number of halogens is 4. The topological polar surface area (TPSA) is 29.3 Å². The van der Waals surface area contributed by atoms with E-state index in [0.29, 0.717) is 6.07 Å². The first-order chi connectivity index (χ1) is 9.79. The largest absolute Gasteiger partial charge is 0.416 e. The van der Waals surface area contributed by atoms with Crippen molar-refractivity contribution in [2.45, 2.75) is 51.0 Å². The SMILES string of the molecule is CC(N)C1CCCCN1Cc1ccc(F)cc1C(F)(F)F. The Hall–Kier alpha value is -1.14. The van der Waals surface area contributed by atoms with Gasteiger partial charge < -0.3 is 5.73 Å². The molecule has 2 atom stereocenters. The summed E-state index contributed by atoms with van der Waals surface area (Å²) in [7, 11) is 0. The quantitative estimate of drug-likeness (QED) is 0.865. The molecule has 0 aliphatic carbocycles. The number of piperidine rings is 1. The summed E-state index contributed by atoms with van der Waals surface area (Å²) in [5.74, 6) is -0.867. The summed E-state index contributed by atoms with van der Waals surface area (Å²) >= 11 is 0. The Bertz CT molecular complexity index is 485. The molecular weight excluding hydrogens is 284 g/mol. The predicted octanol–water partition coefficient (Wildman–Crippen LogP) is 3.55. The fraction of sp³-hybridized carbons (Fsp3) is 0.600. The molecule has 6 heteroatoms. The van der Waals surface area contributed by atoms with E-state index in [-0.39, 0.29) is 24.2 Å². The van der Waals surface area contributed by atoms with Crippen molar-refractivity contribution < 1.29 is 17.6 Å². The van der Waals surface area contributed by atoms with Crippen LogP contribution in [0.4, 0.5) is 17.6 Å². The molecule has 1 aromatic carbocycles. The lowest BCUT2D eigenvalue weighted by Crippen LogP contribution is -2.48. The Morgan fingerprint density at radius 1 is 1.33 bits per heavy atom. The number of nitrogens with zero attached hydrogens (tertiary/aromatic N) is 1. The zero-order valence-corrected chi connectivity index (χ0v) is 12.0. The number of hydrogen-bond acceptors (Lipinski definition) is 2. The standard InChI is InChI=1S/C15H20F4N2/c1-10(20)14-4-2-3-7-21(14)9-11-5-6-12(16)8-13(11)15(17,18)19/h5-6,8,10,14H,2-4,7,9,20H2,1H3. The second-order valence-electron chi connectivity index (χ2n) is 5.69. The monoisotopic (exact) mass is 304 g/mol. The summed E-state index contributed by atoms with van der Waals surface area (Å²) < 4.78 is 52.2. The van der Waals surface area contributed by atoms with Crippen LogP contribution in [0.2, 0.25) is 0 Å². The Morgan fingerprint density at radius 2 is 2.05 bits per heavy atom. The lowest BCUT2D eigenvalue weighted by molar-refractivity contribution is -0.138. The highest BCUT2D eigenvalue weighted by Crippen LogP contribution is 2.34. The third-order valence-electron chi connectivity index (χ3n) is 4.02. The Kier molecular flexibility index (Phi) is 4.88. The van der Waals surface area contributed by atoms with E-state index < -0.39 is 17.6 Å². The number of hydrogen-bond donors (Lipinski definition) is 1. The first-order valence-corrected chi connectivity index (χ1v) is 7.14. The first kappa shape index (κ1) is 16.2. The van der Waals surface area contributed by atoms with Gasteiger partial charge in [-0.2, -0.15) is 13.2 Å². The van der Waals surface area contributed by atoms with E-state index in [1.807, 2.05) is 11.8 Å². The van der Waals surface area contributed by atoms with Gasteiger partial charge in [0, 0.05) is 18.6 Å². The van der Waals surface area contributed by atoms with Crippen LogP contribution in [0.1, 0.15) is 37.3 Å². The van der Waals surface area contributed by atoms with Crippen LogP contribution in [-0.4, -0.2) is 23.5 Å². The number of benzene rings is 1. The highest BCUT2D eigenvalue weighted by molar-refractivity contribution is 5.30. The summed E-state index contributed by atoms with van der Waals surface area (Å²) in [6, 6.07) is 2.85. The minimum absolute atomic E-state index is 0.0740. The molecule has 0 bridgehead atoms. The van der Waals surface area contributed by atoms with Gasteiger partial charge in [0.2, 0.25) is 0 Å². The summed E-state index contributed by atoms with van der Waals surface area (Å²) in [6.07, 6.45) is -1.67. The Morgan fingerprint density at radius 3 is 2.67 bits per heavy atom. The molecule has 2 nitrogen and oxygen atoms in total. The molecule has 1 fully saturated rings. The van der Waals surface area contributed by atoms with E-state index in [9.17, 15) is 17.6 Å². The van der Waals surface area contributed by atoms with Gasteiger partial charge in [-0.05, 0) is 44.0 Å². The number of alkyl halides is 3. The maximum Gasteiger partial charge on any atom is 0.416 e. The highest BCUT2D eigenvalue weighted by atomic mass is 19.4. The Labute approximate surface area is 121 Å². The molecule has 21 heavy (non-hydrogen) atoms. The fourth-order valence-corrected chi connectivity index (χ4v) is 2.98. The smallest absolute Gasteiger partial charge is 0.327 e. The fourth-order valence-electron chi connectivity index (χ4n) is 2.98. The molecule has 0 amide bonds. The molecule has 1 aromatic rings. The molecule has 1 heterocycles. The minimum Gasteiger partial charge on any atom is -0.327 e. The molecule has 2 N–H and O–H groups in total. The lowest BCUT2D eigenvalue weighted by atomic mass is 9.95. The van der Waals surface area contributed by atoms with Gasteiger partial charge >= 0.3 is 6.18 Å². The predicted molar refractivity (Wildman–Crippen MR) is 73.1 cm³/mol. The van der Waals surface area contributed by atoms with Crippen LogP contribution in [0.25, 0.3) is 0 Å². The van der Waals surface area contributed by atoms with Crippen LogP contribution in [-0.2, 0) is 12.7 Å². The molecule has 118 valence electrons. The first-order valence-electron chi connectivity index (χ1n) is 7.14. The molecule has 0 aromatic heterocycles. The van der Waals surface area contributed by atoms with Crippen molar-refractivity contribution in [2.75, 3.05) is 6.54 Å². The van der Waals surface area contributed by atoms with Crippen LogP contribution in [0.15, 0.2) is 18.2 Å². The molecule has 1 aliphatic rings. The van der Waals surface area contributed by atoms with Crippen molar-refractivity contribution in [2.24, 2.45) is 5.73 Å². The third kappa shape index (κ3) is 3.95. The highest BCUT2D eigenvalue weighted by Gasteiger charge is 2.35. The van der Waals surface area contributed by atoms with Crippen molar-refractivity contribution >= 4 is 0 Å². The number of nitrogens with two attached hydrogens (primary N) is 1. The second-order valence-corrected chi connectivity index (χ2v) is 5.69. The third-order valence-corrected chi connectivity index (χ3v) is 4.02. The number of likely N-dealkylation sites (tertiary alicyclic amines) is 1. The summed E-state index contributed by atoms with van der Waals surface area (Å²) in [5, 5.41) is 0. The van der Waals surface area contributed by atoms with E-state index >= 15 is 0 Å². The lowest BCUT2D eigenvalue weighted by Gasteiger charge is -2.38. The van der Waals surface area contributed by atoms with Crippen LogP contribution >= 0.6 is 0 Å². The van der Waals surface area contributed by atoms with Crippen molar-refractivity contribution in [3.05, 3.63) is 35.1 Å². The summed E-state index contributed by atoms with van der Waals surface area (Å²) in [5.41, 5.74) is 5.15. The van der Waals surface area contributed by atoms with Gasteiger partial charge in [0.25, 0.3) is 0 Å². The van der Waals surface area contributed by atoms with Crippen LogP contribution in [0.5, 0.6) is 0 Å². The van der Waals surface area contributed by atoms with Gasteiger partial charge in [-0.15, -0.1) is 0 Å². The van der Waals surface area contributed by atoms with Gasteiger partial charge in [-0.25, -0.2) is 4.39 Å². The second kappa shape index (κ2) is 6.32. The van der Waals surface area contributed by atoms with Gasteiger partial charge in [0.05, 0.1) is 5.56 Å². The van der Waals surface area contributed by atoms with Gasteiger partial charge in [-0.3, -0.25) is 4.90 Å². The van der Waals surface area contributed by atoms with Gasteiger partial charge in [0.1, 0.15) is 5.82 Å². The zero-order chi connectivity index (χ0) is 15.6. The van der Waals surface area contributed by atoms with Crippen molar-refractivity contribution in [3.63, 3.8) is 0 Å². The minimum atomic E-state index is -4.54. The average Bonchev–Trinajstić information content (AvgIpc) is 2.40. The zero-order valence-electron chi connectivity index (χ0n) is 12.0. The molecule has 0 spiro atoms. The van der Waals surface area contributed by atoms with E-state index in [4.69, 9.17) is 5.73 Å². The van der Waals surface area contributed by atoms with Gasteiger partial charge in [-0.1, -0.05) is 12.5 Å². The maximum absolute atomic E-state index is 13.1. The molecule has 0 radical (unpaired) electrons. The van der Waals surface area contributed by atoms with Crippen molar-refractivity contribution in [1.82, 2.24) is 4.90 Å². The molecule has 0 saturated carbocycles. The van der Waals surface area contributed by atoms with Crippen LogP contribution < -0.4 is 5.73 Å². The van der Waals surface area contributed by atoms with Crippen molar-refractivity contribution in [3.8, 4) is 0 Å². The van der Waals surface area contributed by atoms with E-state index in [2.05, 4.69) is 0 Å². The number of rotatable bonds is 3. The molecule has 2 rings (SSSR count). The van der Waals surface area contributed by atoms with Crippen LogP contribution in [0.3, 0.4) is 0 Å². The van der Waals surface area contributed by atoms with Crippen molar-refractivity contribution in [1.29, 1.82) is 0 Å². The molecule has 1 saturated heterocycles. The molecule has 1 aliphatic heterocycles. The van der Waals surface area contributed by atoms with E-state index in [1.54, 1.807) is 0 Å². The van der Waals surface area contributed by atoms with E-state index in [0.717, 1.165) is 31.9 Å². The van der Waals surface area contributed by atoms with Crippen LogP contribution in [0, 0.1) is 5.82 Å². The summed E-state index contributed by atoms with van der Waals surface area (Å²) in [4.78, 5) is 1.98. The average molecular weight is 304 g/mol. The normalized spacial score (nSPS) is 22.3. The van der Waals surface area contributed by atoms with Gasteiger partial charge in [0.15, 0.2) is 0 Å². The molecule has 2 unspecified atom stereocenters. The maximum atomic E-state index is 13.1. The Balaban J connectivity index is 2.26. The summed E-state index contributed by atoms with van der Waals surface area (Å²) in [6.45, 7) is 2.75.